The van der Waals surface area contributed by atoms with Crippen LogP contribution in [0.4, 0.5) is 0 Å². The summed E-state index contributed by atoms with van der Waals surface area (Å²) in [7, 11) is -0.577. The first-order chi connectivity index (χ1) is 8.34. The van der Waals surface area contributed by atoms with Gasteiger partial charge in [-0.3, -0.25) is 4.21 Å². The summed E-state index contributed by atoms with van der Waals surface area (Å²) in [4.78, 5) is 4.32. The SMILES string of the molecule is O=S1CCC(n2cncc2C2CCNC2)CC1. The van der Waals surface area contributed by atoms with Gasteiger partial charge in [0.25, 0.3) is 0 Å². The zero-order chi connectivity index (χ0) is 11.7. The molecule has 1 atom stereocenters. The maximum Gasteiger partial charge on any atom is 0.0950 e. The minimum absolute atomic E-state index is 0.519. The Kier molecular flexibility index (Phi) is 3.29. The van der Waals surface area contributed by atoms with Crippen molar-refractivity contribution in [2.45, 2.75) is 31.2 Å². The molecule has 3 heterocycles. The first-order valence-corrected chi connectivity index (χ1v) is 7.91. The number of hydrogen-bond donors (Lipinski definition) is 1. The molecule has 0 radical (unpaired) electrons. The van der Waals surface area contributed by atoms with Crippen molar-refractivity contribution in [1.82, 2.24) is 14.9 Å². The third kappa shape index (κ3) is 2.31. The second kappa shape index (κ2) is 4.90. The standard InChI is InChI=1S/C12H19N3OS/c16-17-5-2-11(3-6-17)15-9-14-8-12(15)10-1-4-13-7-10/h8-11,13H,1-7H2. The van der Waals surface area contributed by atoms with E-state index in [0.717, 1.165) is 37.4 Å². The average molecular weight is 253 g/mol. The molecule has 1 aromatic rings. The van der Waals surface area contributed by atoms with E-state index < -0.39 is 10.8 Å². The van der Waals surface area contributed by atoms with Gasteiger partial charge in [0.15, 0.2) is 0 Å². The van der Waals surface area contributed by atoms with Crippen LogP contribution in [-0.4, -0.2) is 38.4 Å². The van der Waals surface area contributed by atoms with Gasteiger partial charge in [0.2, 0.25) is 0 Å². The second-order valence-corrected chi connectivity index (χ2v) is 6.69. The van der Waals surface area contributed by atoms with E-state index in [1.54, 1.807) is 0 Å². The van der Waals surface area contributed by atoms with Crippen LogP contribution in [0, 0.1) is 0 Å². The van der Waals surface area contributed by atoms with Crippen molar-refractivity contribution in [3.8, 4) is 0 Å². The monoisotopic (exact) mass is 253 g/mol. The van der Waals surface area contributed by atoms with Crippen molar-refractivity contribution in [3.63, 3.8) is 0 Å². The molecule has 17 heavy (non-hydrogen) atoms. The Balaban J connectivity index is 1.78. The molecule has 2 saturated heterocycles. The lowest BCUT2D eigenvalue weighted by atomic mass is 10.0. The molecule has 1 N–H and O–H groups in total. The molecule has 2 fully saturated rings. The third-order valence-corrected chi connectivity index (χ3v) is 5.31. The maximum absolute atomic E-state index is 11.4. The normalized spacial score (nSPS) is 34.0. The van der Waals surface area contributed by atoms with Crippen LogP contribution in [0.1, 0.15) is 36.9 Å². The van der Waals surface area contributed by atoms with Gasteiger partial charge in [-0.2, -0.15) is 0 Å². The van der Waals surface area contributed by atoms with Crippen LogP contribution in [0.2, 0.25) is 0 Å². The summed E-state index contributed by atoms with van der Waals surface area (Å²) in [5.41, 5.74) is 1.37. The molecule has 0 bridgehead atoms. The Morgan fingerprint density at radius 3 is 2.88 bits per heavy atom. The number of aromatic nitrogens is 2. The molecule has 3 rings (SSSR count). The molecule has 94 valence electrons. The van der Waals surface area contributed by atoms with Gasteiger partial charge in [-0.15, -0.1) is 0 Å². The fraction of sp³-hybridized carbons (Fsp3) is 0.750. The van der Waals surface area contributed by atoms with Gasteiger partial charge in [-0.05, 0) is 25.8 Å². The van der Waals surface area contributed by atoms with E-state index in [9.17, 15) is 4.21 Å². The Labute approximate surface area is 104 Å². The van der Waals surface area contributed by atoms with E-state index in [-0.39, 0.29) is 0 Å². The molecule has 0 saturated carbocycles. The lowest BCUT2D eigenvalue weighted by Gasteiger charge is -2.26. The Hall–Kier alpha value is -0.680. The fourth-order valence-electron chi connectivity index (χ4n) is 2.90. The number of hydrogen-bond acceptors (Lipinski definition) is 3. The smallest absolute Gasteiger partial charge is 0.0950 e. The highest BCUT2D eigenvalue weighted by Gasteiger charge is 2.25. The van der Waals surface area contributed by atoms with Crippen LogP contribution < -0.4 is 5.32 Å². The van der Waals surface area contributed by atoms with Gasteiger partial charge >= 0.3 is 0 Å². The first kappa shape index (κ1) is 11.4. The summed E-state index contributed by atoms with van der Waals surface area (Å²) < 4.78 is 13.7. The molecule has 0 aliphatic carbocycles. The maximum atomic E-state index is 11.4. The highest BCUT2D eigenvalue weighted by Crippen LogP contribution is 2.29. The van der Waals surface area contributed by atoms with E-state index in [0.29, 0.717) is 12.0 Å². The quantitative estimate of drug-likeness (QED) is 0.857. The van der Waals surface area contributed by atoms with Crippen molar-refractivity contribution in [3.05, 3.63) is 18.2 Å². The molecule has 0 amide bonds. The van der Waals surface area contributed by atoms with E-state index in [1.165, 1.54) is 12.1 Å². The summed E-state index contributed by atoms with van der Waals surface area (Å²) in [6, 6.07) is 0.519. The van der Waals surface area contributed by atoms with Crippen molar-refractivity contribution in [1.29, 1.82) is 0 Å². The molecule has 1 unspecified atom stereocenters. The second-order valence-electron chi connectivity index (χ2n) is 4.99. The topological polar surface area (TPSA) is 46.9 Å². The summed E-state index contributed by atoms with van der Waals surface area (Å²) >= 11 is 0. The van der Waals surface area contributed by atoms with E-state index in [1.807, 2.05) is 12.5 Å². The van der Waals surface area contributed by atoms with Crippen molar-refractivity contribution in [2.75, 3.05) is 24.6 Å². The van der Waals surface area contributed by atoms with Crippen molar-refractivity contribution < 1.29 is 4.21 Å². The summed E-state index contributed by atoms with van der Waals surface area (Å²) in [6.07, 6.45) is 7.27. The van der Waals surface area contributed by atoms with E-state index >= 15 is 0 Å². The summed E-state index contributed by atoms with van der Waals surface area (Å²) in [5, 5.41) is 3.41. The average Bonchev–Trinajstić information content (AvgIpc) is 3.00. The Bertz CT molecular complexity index is 402. The predicted octanol–water partition coefficient (Wildman–Crippen LogP) is 1.04. The van der Waals surface area contributed by atoms with Crippen LogP contribution in [0.25, 0.3) is 0 Å². The minimum Gasteiger partial charge on any atom is -0.331 e. The van der Waals surface area contributed by atoms with E-state index in [4.69, 9.17) is 0 Å². The summed E-state index contributed by atoms with van der Waals surface area (Å²) in [6.45, 7) is 2.19. The molecular weight excluding hydrogens is 234 g/mol. The molecule has 0 spiro atoms. The Morgan fingerprint density at radius 1 is 1.35 bits per heavy atom. The molecule has 4 nitrogen and oxygen atoms in total. The molecule has 2 aliphatic heterocycles. The van der Waals surface area contributed by atoms with Crippen LogP contribution in [0.5, 0.6) is 0 Å². The fourth-order valence-corrected chi connectivity index (χ4v) is 4.18. The van der Waals surface area contributed by atoms with Gasteiger partial charge in [0.1, 0.15) is 0 Å². The summed E-state index contributed by atoms with van der Waals surface area (Å²) in [5.74, 6) is 2.32. The predicted molar refractivity (Wildman–Crippen MR) is 68.6 cm³/mol. The highest BCUT2D eigenvalue weighted by molar-refractivity contribution is 7.85. The third-order valence-electron chi connectivity index (χ3n) is 3.93. The molecule has 5 heteroatoms. The van der Waals surface area contributed by atoms with Crippen LogP contribution in [-0.2, 0) is 10.8 Å². The Morgan fingerprint density at radius 2 is 2.18 bits per heavy atom. The van der Waals surface area contributed by atoms with Gasteiger partial charge in [-0.1, -0.05) is 0 Å². The highest BCUT2D eigenvalue weighted by atomic mass is 32.2. The largest absolute Gasteiger partial charge is 0.331 e. The van der Waals surface area contributed by atoms with Gasteiger partial charge < -0.3 is 9.88 Å². The molecular formula is C12H19N3OS. The van der Waals surface area contributed by atoms with Gasteiger partial charge in [-0.25, -0.2) is 4.98 Å². The van der Waals surface area contributed by atoms with Crippen LogP contribution in [0.3, 0.4) is 0 Å². The molecule has 0 aromatic carbocycles. The molecule has 2 aliphatic rings. The lowest BCUT2D eigenvalue weighted by Crippen LogP contribution is -2.23. The van der Waals surface area contributed by atoms with Gasteiger partial charge in [0.05, 0.1) is 6.33 Å². The number of imidazole rings is 1. The van der Waals surface area contributed by atoms with Crippen molar-refractivity contribution in [2.24, 2.45) is 0 Å². The van der Waals surface area contributed by atoms with Crippen molar-refractivity contribution >= 4 is 10.8 Å². The number of rotatable bonds is 2. The zero-order valence-electron chi connectivity index (χ0n) is 9.97. The number of nitrogens with zero attached hydrogens (tertiary/aromatic N) is 2. The zero-order valence-corrected chi connectivity index (χ0v) is 10.8. The minimum atomic E-state index is -0.577. The first-order valence-electron chi connectivity index (χ1n) is 6.42. The van der Waals surface area contributed by atoms with Crippen LogP contribution >= 0.6 is 0 Å². The van der Waals surface area contributed by atoms with Gasteiger partial charge in [0, 0.05) is 52.7 Å². The number of nitrogens with one attached hydrogen (secondary N) is 1. The van der Waals surface area contributed by atoms with Crippen LogP contribution in [0.15, 0.2) is 12.5 Å². The van der Waals surface area contributed by atoms with E-state index in [2.05, 4.69) is 14.9 Å². The lowest BCUT2D eigenvalue weighted by molar-refractivity contribution is 0.440. The molecule has 1 aromatic heterocycles.